The Morgan fingerprint density at radius 3 is 0.960 bits per heavy atom. The normalized spacial score (nSPS) is 11.9. The van der Waals surface area contributed by atoms with Crippen molar-refractivity contribution in [3.8, 4) is 0 Å². The van der Waals surface area contributed by atoms with Gasteiger partial charge in [-0.25, -0.2) is 0 Å². The van der Waals surface area contributed by atoms with Crippen LogP contribution in [0.25, 0.3) is 0 Å². The standard InChI is InChI=1S/C25H48/c1-3-5-7-9-11-13-15-17-19-21-23-25-24-22-20-18-16-14-12-10-8-6-4-2/h9,11,20,22H,3-8,10,12-19,21,23-25H2,1-2H3/b11-9-,22-20-. The van der Waals surface area contributed by atoms with E-state index in [1.54, 1.807) is 0 Å². The van der Waals surface area contributed by atoms with Crippen LogP contribution in [0.15, 0.2) is 24.3 Å². The van der Waals surface area contributed by atoms with Crippen LogP contribution >= 0.6 is 0 Å². The zero-order valence-electron chi connectivity index (χ0n) is 17.7. The Bertz CT molecular complexity index is 274. The molecule has 25 heavy (non-hydrogen) atoms. The van der Waals surface area contributed by atoms with E-state index in [4.69, 9.17) is 0 Å². The molecule has 0 rings (SSSR count). The molecule has 0 spiro atoms. The third kappa shape index (κ3) is 23.5. The molecule has 0 aliphatic carbocycles. The zero-order chi connectivity index (χ0) is 18.3. The molecule has 0 aliphatic rings. The van der Waals surface area contributed by atoms with E-state index < -0.39 is 0 Å². The van der Waals surface area contributed by atoms with Crippen LogP contribution in [0, 0.1) is 0 Å². The van der Waals surface area contributed by atoms with Gasteiger partial charge in [-0.1, -0.05) is 115 Å². The number of unbranched alkanes of at least 4 members (excludes halogenated alkanes) is 16. The van der Waals surface area contributed by atoms with E-state index in [-0.39, 0.29) is 0 Å². The summed E-state index contributed by atoms with van der Waals surface area (Å²) in [6.45, 7) is 4.55. The molecular weight excluding hydrogens is 300 g/mol. The third-order valence-corrected chi connectivity index (χ3v) is 5.02. The zero-order valence-corrected chi connectivity index (χ0v) is 17.7. The lowest BCUT2D eigenvalue weighted by Gasteiger charge is -2.00. The Balaban J connectivity index is 3.09. The van der Waals surface area contributed by atoms with Gasteiger partial charge >= 0.3 is 0 Å². The Hall–Kier alpha value is -0.520. The average molecular weight is 349 g/mol. The lowest BCUT2D eigenvalue weighted by Crippen LogP contribution is -1.80. The minimum Gasteiger partial charge on any atom is -0.0885 e. The first-order valence-electron chi connectivity index (χ1n) is 11.7. The molecular formula is C25H48. The minimum atomic E-state index is 1.28. The molecule has 0 bridgehead atoms. The van der Waals surface area contributed by atoms with Crippen molar-refractivity contribution in [3.63, 3.8) is 0 Å². The highest BCUT2D eigenvalue weighted by atomic mass is 14.0. The maximum atomic E-state index is 2.43. The molecule has 148 valence electrons. The number of hydrogen-bond donors (Lipinski definition) is 0. The molecule has 0 fully saturated rings. The molecule has 0 unspecified atom stereocenters. The average Bonchev–Trinajstić information content (AvgIpc) is 2.63. The highest BCUT2D eigenvalue weighted by Crippen LogP contribution is 2.11. The molecule has 0 nitrogen and oxygen atoms in total. The summed E-state index contributed by atoms with van der Waals surface area (Å²) in [5.74, 6) is 0. The second kappa shape index (κ2) is 23.5. The van der Waals surface area contributed by atoms with E-state index in [9.17, 15) is 0 Å². The van der Waals surface area contributed by atoms with Crippen molar-refractivity contribution in [2.24, 2.45) is 0 Å². The number of rotatable bonds is 20. The van der Waals surface area contributed by atoms with E-state index >= 15 is 0 Å². The number of hydrogen-bond acceptors (Lipinski definition) is 0. The molecule has 0 N–H and O–H groups in total. The van der Waals surface area contributed by atoms with Crippen LogP contribution in [0.5, 0.6) is 0 Å². The Kier molecular flexibility index (Phi) is 23.0. The van der Waals surface area contributed by atoms with Gasteiger partial charge in [0.15, 0.2) is 0 Å². The summed E-state index contributed by atoms with van der Waals surface area (Å²) >= 11 is 0. The van der Waals surface area contributed by atoms with Gasteiger partial charge in [0.1, 0.15) is 0 Å². The van der Waals surface area contributed by atoms with Crippen LogP contribution in [0.3, 0.4) is 0 Å². The second-order valence-corrected chi connectivity index (χ2v) is 7.69. The van der Waals surface area contributed by atoms with Gasteiger partial charge in [0.05, 0.1) is 0 Å². The predicted molar refractivity (Wildman–Crippen MR) is 117 cm³/mol. The van der Waals surface area contributed by atoms with Crippen molar-refractivity contribution in [1.82, 2.24) is 0 Å². The van der Waals surface area contributed by atoms with Crippen molar-refractivity contribution in [1.29, 1.82) is 0 Å². The van der Waals surface area contributed by atoms with Gasteiger partial charge in [0, 0.05) is 0 Å². The molecule has 0 heteroatoms. The molecule has 0 aromatic carbocycles. The summed E-state index contributed by atoms with van der Waals surface area (Å²) < 4.78 is 0. The fraction of sp³-hybridized carbons (Fsp3) is 0.840. The topological polar surface area (TPSA) is 0 Å². The summed E-state index contributed by atoms with van der Waals surface area (Å²) in [7, 11) is 0. The van der Waals surface area contributed by atoms with Gasteiger partial charge in [-0.15, -0.1) is 0 Å². The quantitative estimate of drug-likeness (QED) is 0.152. The van der Waals surface area contributed by atoms with E-state index in [0.29, 0.717) is 0 Å². The maximum Gasteiger partial charge on any atom is -0.0351 e. The fourth-order valence-corrected chi connectivity index (χ4v) is 3.24. The summed E-state index contributed by atoms with van der Waals surface area (Å²) in [5, 5.41) is 0. The summed E-state index contributed by atoms with van der Waals surface area (Å²) in [6, 6.07) is 0. The lowest BCUT2D eigenvalue weighted by molar-refractivity contribution is 0.590. The van der Waals surface area contributed by atoms with Gasteiger partial charge in [-0.2, -0.15) is 0 Å². The number of allylic oxidation sites excluding steroid dienone is 4. The van der Waals surface area contributed by atoms with E-state index in [1.807, 2.05) is 0 Å². The highest BCUT2D eigenvalue weighted by molar-refractivity contribution is 4.82. The molecule has 0 heterocycles. The first-order valence-corrected chi connectivity index (χ1v) is 11.7. The van der Waals surface area contributed by atoms with E-state index in [1.165, 1.54) is 122 Å². The summed E-state index contributed by atoms with van der Waals surface area (Å²) in [5.41, 5.74) is 0. The van der Waals surface area contributed by atoms with Gasteiger partial charge in [0.25, 0.3) is 0 Å². The van der Waals surface area contributed by atoms with Gasteiger partial charge in [-0.05, 0) is 44.9 Å². The van der Waals surface area contributed by atoms with Crippen LogP contribution in [0.4, 0.5) is 0 Å². The van der Waals surface area contributed by atoms with Crippen molar-refractivity contribution in [3.05, 3.63) is 24.3 Å². The maximum absolute atomic E-state index is 2.43. The van der Waals surface area contributed by atoms with Crippen LogP contribution in [-0.2, 0) is 0 Å². The second-order valence-electron chi connectivity index (χ2n) is 7.69. The van der Waals surface area contributed by atoms with Crippen LogP contribution < -0.4 is 0 Å². The first kappa shape index (κ1) is 24.5. The van der Waals surface area contributed by atoms with Crippen molar-refractivity contribution in [2.45, 2.75) is 136 Å². The molecule has 0 aliphatic heterocycles. The minimum absolute atomic E-state index is 1.28. The smallest absolute Gasteiger partial charge is 0.0351 e. The van der Waals surface area contributed by atoms with Crippen molar-refractivity contribution < 1.29 is 0 Å². The Labute approximate surface area is 160 Å². The van der Waals surface area contributed by atoms with Gasteiger partial charge in [-0.3, -0.25) is 0 Å². The Morgan fingerprint density at radius 1 is 0.320 bits per heavy atom. The third-order valence-electron chi connectivity index (χ3n) is 5.02. The van der Waals surface area contributed by atoms with Crippen molar-refractivity contribution in [2.75, 3.05) is 0 Å². The summed E-state index contributed by atoms with van der Waals surface area (Å²) in [6.07, 6.45) is 35.9. The highest BCUT2D eigenvalue weighted by Gasteiger charge is 1.91. The molecule has 0 aromatic heterocycles. The van der Waals surface area contributed by atoms with E-state index in [0.717, 1.165) is 0 Å². The van der Waals surface area contributed by atoms with Gasteiger partial charge < -0.3 is 0 Å². The van der Waals surface area contributed by atoms with E-state index in [2.05, 4.69) is 38.2 Å². The molecule has 0 radical (unpaired) electrons. The van der Waals surface area contributed by atoms with Crippen LogP contribution in [0.1, 0.15) is 136 Å². The van der Waals surface area contributed by atoms with Crippen molar-refractivity contribution >= 4 is 0 Å². The molecule has 0 saturated heterocycles. The lowest BCUT2D eigenvalue weighted by atomic mass is 10.1. The fourth-order valence-electron chi connectivity index (χ4n) is 3.24. The molecule has 0 aromatic rings. The summed E-state index contributed by atoms with van der Waals surface area (Å²) in [4.78, 5) is 0. The van der Waals surface area contributed by atoms with Crippen LogP contribution in [0.2, 0.25) is 0 Å². The van der Waals surface area contributed by atoms with Crippen LogP contribution in [-0.4, -0.2) is 0 Å². The SMILES string of the molecule is CCCC/C=C\CCCCCCCC/C=C\CCCCCCCCC. The monoisotopic (exact) mass is 348 g/mol. The van der Waals surface area contributed by atoms with Gasteiger partial charge in [0.2, 0.25) is 0 Å². The molecule has 0 saturated carbocycles. The molecule has 0 amide bonds. The first-order chi connectivity index (χ1) is 12.4. The predicted octanol–water partition coefficient (Wildman–Crippen LogP) is 9.55. The molecule has 0 atom stereocenters. The largest absolute Gasteiger partial charge is 0.0885 e. The Morgan fingerprint density at radius 2 is 0.600 bits per heavy atom.